The highest BCUT2D eigenvalue weighted by Gasteiger charge is 2.19. The number of rotatable bonds is 4. The highest BCUT2D eigenvalue weighted by molar-refractivity contribution is 5.85. The van der Waals surface area contributed by atoms with E-state index in [1.165, 1.54) is 0 Å². The zero-order valence-corrected chi connectivity index (χ0v) is 11.3. The topological polar surface area (TPSA) is 54.2 Å². The van der Waals surface area contributed by atoms with Gasteiger partial charge in [0.15, 0.2) is 5.82 Å². The third-order valence-corrected chi connectivity index (χ3v) is 2.96. The smallest absolute Gasteiger partial charge is 0.226 e. The second-order valence-corrected chi connectivity index (χ2v) is 4.38. The van der Waals surface area contributed by atoms with Gasteiger partial charge in [-0.25, -0.2) is 0 Å². The fourth-order valence-corrected chi connectivity index (χ4v) is 1.97. The van der Waals surface area contributed by atoms with Gasteiger partial charge in [-0.15, -0.1) is 12.4 Å². The van der Waals surface area contributed by atoms with Crippen molar-refractivity contribution in [3.63, 3.8) is 0 Å². The van der Waals surface area contributed by atoms with Crippen molar-refractivity contribution in [3.05, 3.63) is 11.7 Å². The molecule has 1 saturated heterocycles. The average Bonchev–Trinajstić information content (AvgIpc) is 2.70. The summed E-state index contributed by atoms with van der Waals surface area (Å²) in [6.07, 6.45) is 1.93. The molecule has 1 aliphatic rings. The maximum atomic E-state index is 5.18. The van der Waals surface area contributed by atoms with Crippen LogP contribution in [0.3, 0.4) is 0 Å². The average molecular weight is 261 g/mol. The van der Waals surface area contributed by atoms with Crippen LogP contribution in [-0.4, -0.2) is 40.7 Å². The van der Waals surface area contributed by atoms with E-state index in [4.69, 9.17) is 4.52 Å². The van der Waals surface area contributed by atoms with Gasteiger partial charge >= 0.3 is 0 Å². The first-order chi connectivity index (χ1) is 7.79. The van der Waals surface area contributed by atoms with Crippen molar-refractivity contribution in [2.75, 3.05) is 19.6 Å². The Hall–Kier alpha value is -0.650. The van der Waals surface area contributed by atoms with Gasteiger partial charge in [0.05, 0.1) is 6.54 Å². The van der Waals surface area contributed by atoms with Gasteiger partial charge in [-0.1, -0.05) is 12.1 Å². The molecule has 1 atom stereocenters. The van der Waals surface area contributed by atoms with E-state index in [0.717, 1.165) is 50.7 Å². The molecule has 0 saturated carbocycles. The number of nitrogens with one attached hydrogen (secondary N) is 1. The summed E-state index contributed by atoms with van der Waals surface area (Å²) in [5.41, 5.74) is 0. The standard InChI is InChI=1S/C11H20N4O.ClH/c1-3-4-11-13-10(14-16-11)8-15-6-5-12-7-9(15)2;/h9,12H,3-8H2,1-2H3;1H/t9-;/m1./s1. The predicted molar refractivity (Wildman–Crippen MR) is 68.3 cm³/mol. The molecule has 0 spiro atoms. The molecule has 1 aromatic heterocycles. The van der Waals surface area contributed by atoms with Crippen molar-refractivity contribution in [2.45, 2.75) is 39.3 Å². The Morgan fingerprint density at radius 2 is 2.35 bits per heavy atom. The first-order valence-corrected chi connectivity index (χ1v) is 6.06. The molecule has 0 aliphatic carbocycles. The number of hydrogen-bond acceptors (Lipinski definition) is 5. The van der Waals surface area contributed by atoms with Crippen LogP contribution in [0.25, 0.3) is 0 Å². The summed E-state index contributed by atoms with van der Waals surface area (Å²) in [7, 11) is 0. The minimum absolute atomic E-state index is 0. The molecule has 0 bridgehead atoms. The molecule has 98 valence electrons. The highest BCUT2D eigenvalue weighted by atomic mass is 35.5. The molecular formula is C11H21ClN4O. The van der Waals surface area contributed by atoms with Crippen molar-refractivity contribution in [1.29, 1.82) is 0 Å². The van der Waals surface area contributed by atoms with Crippen LogP contribution in [-0.2, 0) is 13.0 Å². The molecule has 0 aromatic carbocycles. The van der Waals surface area contributed by atoms with Gasteiger partial charge in [-0.3, -0.25) is 4.90 Å². The Balaban J connectivity index is 0.00000144. The predicted octanol–water partition coefficient (Wildman–Crippen LogP) is 1.24. The van der Waals surface area contributed by atoms with Crippen molar-refractivity contribution in [2.24, 2.45) is 0 Å². The minimum atomic E-state index is 0. The van der Waals surface area contributed by atoms with E-state index in [-0.39, 0.29) is 12.4 Å². The zero-order valence-electron chi connectivity index (χ0n) is 10.5. The first-order valence-electron chi connectivity index (χ1n) is 6.06. The molecule has 2 heterocycles. The summed E-state index contributed by atoms with van der Waals surface area (Å²) in [5, 5.41) is 7.39. The van der Waals surface area contributed by atoms with Gasteiger partial charge in [-0.05, 0) is 13.3 Å². The number of nitrogens with zero attached hydrogens (tertiary/aromatic N) is 3. The van der Waals surface area contributed by atoms with Crippen LogP contribution < -0.4 is 5.32 Å². The van der Waals surface area contributed by atoms with Gasteiger partial charge < -0.3 is 9.84 Å². The second kappa shape index (κ2) is 6.93. The molecule has 5 nitrogen and oxygen atoms in total. The van der Waals surface area contributed by atoms with Crippen molar-refractivity contribution < 1.29 is 4.52 Å². The molecule has 0 amide bonds. The van der Waals surface area contributed by atoms with E-state index in [9.17, 15) is 0 Å². The lowest BCUT2D eigenvalue weighted by molar-refractivity contribution is 0.160. The largest absolute Gasteiger partial charge is 0.339 e. The molecule has 0 radical (unpaired) electrons. The molecular weight excluding hydrogens is 240 g/mol. The molecule has 0 unspecified atom stereocenters. The van der Waals surface area contributed by atoms with Crippen LogP contribution >= 0.6 is 12.4 Å². The highest BCUT2D eigenvalue weighted by Crippen LogP contribution is 2.08. The van der Waals surface area contributed by atoms with Gasteiger partial charge in [0.1, 0.15) is 0 Å². The summed E-state index contributed by atoms with van der Waals surface area (Å²) >= 11 is 0. The number of hydrogen-bond donors (Lipinski definition) is 1. The van der Waals surface area contributed by atoms with Crippen LogP contribution in [0.4, 0.5) is 0 Å². The minimum Gasteiger partial charge on any atom is -0.339 e. The second-order valence-electron chi connectivity index (χ2n) is 4.38. The van der Waals surface area contributed by atoms with Gasteiger partial charge in [0.2, 0.25) is 5.89 Å². The summed E-state index contributed by atoms with van der Waals surface area (Å²) in [6, 6.07) is 0.543. The zero-order chi connectivity index (χ0) is 11.4. The fourth-order valence-electron chi connectivity index (χ4n) is 1.97. The summed E-state index contributed by atoms with van der Waals surface area (Å²) in [5.74, 6) is 1.58. The monoisotopic (exact) mass is 260 g/mol. The summed E-state index contributed by atoms with van der Waals surface area (Å²) in [4.78, 5) is 6.77. The lowest BCUT2D eigenvalue weighted by atomic mass is 10.2. The van der Waals surface area contributed by atoms with Crippen molar-refractivity contribution in [1.82, 2.24) is 20.4 Å². The maximum Gasteiger partial charge on any atom is 0.226 e. The summed E-state index contributed by atoms with van der Waals surface area (Å²) in [6.45, 7) is 8.28. The van der Waals surface area contributed by atoms with Crippen LogP contribution in [0.2, 0.25) is 0 Å². The SMILES string of the molecule is CCCc1nc(CN2CCNC[C@H]2C)no1.Cl. The van der Waals surface area contributed by atoms with Crippen molar-refractivity contribution in [3.8, 4) is 0 Å². The molecule has 6 heteroatoms. The van der Waals surface area contributed by atoms with E-state index in [1.54, 1.807) is 0 Å². The van der Waals surface area contributed by atoms with Crippen LogP contribution in [0, 0.1) is 0 Å². The third-order valence-electron chi connectivity index (χ3n) is 2.96. The van der Waals surface area contributed by atoms with Gasteiger partial charge in [-0.2, -0.15) is 4.98 Å². The number of halogens is 1. The molecule has 2 rings (SSSR count). The van der Waals surface area contributed by atoms with Crippen LogP contribution in [0.5, 0.6) is 0 Å². The van der Waals surface area contributed by atoms with Crippen LogP contribution in [0.15, 0.2) is 4.52 Å². The Morgan fingerprint density at radius 3 is 3.06 bits per heavy atom. The lowest BCUT2D eigenvalue weighted by Gasteiger charge is -2.32. The third kappa shape index (κ3) is 3.94. The Bertz CT molecular complexity index is 331. The lowest BCUT2D eigenvalue weighted by Crippen LogP contribution is -2.49. The molecule has 1 aromatic rings. The Kier molecular flexibility index (Phi) is 5.88. The molecule has 1 aliphatic heterocycles. The maximum absolute atomic E-state index is 5.18. The molecule has 1 fully saturated rings. The van der Waals surface area contributed by atoms with E-state index in [2.05, 4.69) is 34.2 Å². The van der Waals surface area contributed by atoms with E-state index >= 15 is 0 Å². The summed E-state index contributed by atoms with van der Waals surface area (Å²) < 4.78 is 5.18. The quantitative estimate of drug-likeness (QED) is 0.883. The number of aryl methyl sites for hydroxylation is 1. The number of piperazine rings is 1. The van der Waals surface area contributed by atoms with E-state index in [1.807, 2.05) is 0 Å². The van der Waals surface area contributed by atoms with Crippen molar-refractivity contribution >= 4 is 12.4 Å². The van der Waals surface area contributed by atoms with Crippen LogP contribution in [0.1, 0.15) is 32.0 Å². The number of aromatic nitrogens is 2. The molecule has 17 heavy (non-hydrogen) atoms. The van der Waals surface area contributed by atoms with Gasteiger partial charge in [0.25, 0.3) is 0 Å². The van der Waals surface area contributed by atoms with E-state index < -0.39 is 0 Å². The normalized spacial score (nSPS) is 21.2. The Labute approximate surface area is 108 Å². The first kappa shape index (κ1) is 14.4. The van der Waals surface area contributed by atoms with Gasteiger partial charge in [0, 0.05) is 32.1 Å². The fraction of sp³-hybridized carbons (Fsp3) is 0.818. The van der Waals surface area contributed by atoms with E-state index in [0.29, 0.717) is 6.04 Å². The Morgan fingerprint density at radius 1 is 1.53 bits per heavy atom. The molecule has 1 N–H and O–H groups in total.